The lowest BCUT2D eigenvalue weighted by Crippen LogP contribution is -2.09. The van der Waals surface area contributed by atoms with Gasteiger partial charge in [0, 0.05) is 6.42 Å². The molecule has 0 spiro atoms. The Morgan fingerprint density at radius 3 is 2.11 bits per heavy atom. The third-order valence-electron chi connectivity index (χ3n) is 0.777. The zero-order valence-electron chi connectivity index (χ0n) is 5.52. The van der Waals surface area contributed by atoms with Gasteiger partial charge in [-0.05, 0) is 6.42 Å². The van der Waals surface area contributed by atoms with Crippen molar-refractivity contribution in [2.75, 3.05) is 0 Å². The maximum Gasteiger partial charge on any atom is 0.217 e. The minimum atomic E-state index is -0.193. The van der Waals surface area contributed by atoms with Crippen LogP contribution in [0, 0.1) is 0 Å². The van der Waals surface area contributed by atoms with Crippen molar-refractivity contribution in [3.05, 3.63) is 0 Å². The van der Waals surface area contributed by atoms with Gasteiger partial charge in [-0.1, -0.05) is 13.3 Å². The van der Waals surface area contributed by atoms with E-state index in [1.807, 2.05) is 6.92 Å². The highest BCUT2D eigenvalue weighted by atomic mass is 35.5. The molecule has 0 aliphatic carbocycles. The van der Waals surface area contributed by atoms with E-state index in [1.54, 1.807) is 0 Å². The summed E-state index contributed by atoms with van der Waals surface area (Å²) in [4.78, 5) is 9.98. The standard InChI is InChI=1S/C5H11NO.ClH.H2O/c1-2-3-4-5(6)7;;/h2-4H2,1H3,(H2,6,7);1H;1H2. The second kappa shape index (κ2) is 10.7. The van der Waals surface area contributed by atoms with Crippen molar-refractivity contribution in [3.8, 4) is 0 Å². The molecule has 3 nitrogen and oxygen atoms in total. The molecule has 58 valence electrons. The summed E-state index contributed by atoms with van der Waals surface area (Å²) in [5, 5.41) is 0. The van der Waals surface area contributed by atoms with Crippen LogP contribution in [0.25, 0.3) is 0 Å². The van der Waals surface area contributed by atoms with E-state index in [-0.39, 0.29) is 23.8 Å². The molecule has 0 fully saturated rings. The van der Waals surface area contributed by atoms with E-state index >= 15 is 0 Å². The maximum atomic E-state index is 9.98. The number of primary amides is 1. The van der Waals surface area contributed by atoms with Crippen molar-refractivity contribution in [1.82, 2.24) is 0 Å². The van der Waals surface area contributed by atoms with Gasteiger partial charge in [0.1, 0.15) is 0 Å². The van der Waals surface area contributed by atoms with Gasteiger partial charge in [-0.25, -0.2) is 0 Å². The monoisotopic (exact) mass is 155 g/mol. The van der Waals surface area contributed by atoms with E-state index in [0.717, 1.165) is 12.8 Å². The van der Waals surface area contributed by atoms with Gasteiger partial charge in [-0.15, -0.1) is 12.4 Å². The summed E-state index contributed by atoms with van der Waals surface area (Å²) >= 11 is 0. The highest BCUT2D eigenvalue weighted by Gasteiger charge is 1.88. The lowest BCUT2D eigenvalue weighted by Gasteiger charge is -1.86. The van der Waals surface area contributed by atoms with Gasteiger partial charge in [0.25, 0.3) is 0 Å². The molecule has 0 saturated heterocycles. The van der Waals surface area contributed by atoms with E-state index < -0.39 is 0 Å². The molecule has 0 saturated carbocycles. The smallest absolute Gasteiger partial charge is 0.217 e. The molecular weight excluding hydrogens is 142 g/mol. The normalized spacial score (nSPS) is 6.78. The predicted octanol–water partition coefficient (Wildman–Crippen LogP) is 0.259. The van der Waals surface area contributed by atoms with E-state index in [2.05, 4.69) is 0 Å². The van der Waals surface area contributed by atoms with Crippen LogP contribution in [0.3, 0.4) is 0 Å². The summed E-state index contributed by atoms with van der Waals surface area (Å²) in [6.45, 7) is 2.03. The Hall–Kier alpha value is -0.280. The molecule has 0 aromatic carbocycles. The van der Waals surface area contributed by atoms with Gasteiger partial charge in [-0.3, -0.25) is 4.79 Å². The Balaban J connectivity index is -0.000000180. The number of carbonyl (C=O) groups excluding carboxylic acids is 1. The lowest BCUT2D eigenvalue weighted by molar-refractivity contribution is -0.118. The van der Waals surface area contributed by atoms with Crippen LogP contribution in [-0.2, 0) is 4.79 Å². The average molecular weight is 156 g/mol. The zero-order chi connectivity index (χ0) is 5.70. The minimum absolute atomic E-state index is 0. The van der Waals surface area contributed by atoms with Crippen LogP contribution in [0.2, 0.25) is 0 Å². The molecule has 4 N–H and O–H groups in total. The fourth-order valence-corrected chi connectivity index (χ4v) is 0.351. The summed E-state index contributed by atoms with van der Waals surface area (Å²) in [6, 6.07) is 0. The number of halogens is 1. The first kappa shape index (κ1) is 15.9. The fraction of sp³-hybridized carbons (Fsp3) is 0.800. The van der Waals surface area contributed by atoms with Crippen molar-refractivity contribution in [2.24, 2.45) is 5.73 Å². The van der Waals surface area contributed by atoms with E-state index in [0.29, 0.717) is 6.42 Å². The number of hydrogen-bond donors (Lipinski definition) is 1. The molecule has 1 amide bonds. The summed E-state index contributed by atoms with van der Waals surface area (Å²) < 4.78 is 0. The van der Waals surface area contributed by atoms with Gasteiger partial charge >= 0.3 is 0 Å². The highest BCUT2D eigenvalue weighted by molar-refractivity contribution is 5.85. The number of carbonyl (C=O) groups is 1. The Bertz CT molecular complexity index is 68.0. The molecule has 0 aromatic rings. The highest BCUT2D eigenvalue weighted by Crippen LogP contribution is 1.89. The SMILES string of the molecule is CCCCC(N)=O.Cl.O. The van der Waals surface area contributed by atoms with E-state index in [4.69, 9.17) is 5.73 Å². The third-order valence-corrected chi connectivity index (χ3v) is 0.777. The summed E-state index contributed by atoms with van der Waals surface area (Å²) in [5.74, 6) is -0.193. The van der Waals surface area contributed by atoms with Gasteiger partial charge in [0.2, 0.25) is 5.91 Å². The van der Waals surface area contributed by atoms with Crippen LogP contribution >= 0.6 is 12.4 Å². The van der Waals surface area contributed by atoms with Crippen molar-refractivity contribution in [2.45, 2.75) is 26.2 Å². The van der Waals surface area contributed by atoms with Crippen molar-refractivity contribution >= 4 is 18.3 Å². The number of amides is 1. The molecule has 9 heavy (non-hydrogen) atoms. The Morgan fingerprint density at radius 1 is 1.56 bits per heavy atom. The molecule has 0 unspecified atom stereocenters. The van der Waals surface area contributed by atoms with Crippen molar-refractivity contribution < 1.29 is 10.3 Å². The number of nitrogens with two attached hydrogens (primary N) is 1. The molecule has 0 aliphatic rings. The second-order valence-electron chi connectivity index (χ2n) is 1.57. The van der Waals surface area contributed by atoms with Crippen LogP contribution in [0.15, 0.2) is 0 Å². The van der Waals surface area contributed by atoms with Gasteiger partial charge in [-0.2, -0.15) is 0 Å². The van der Waals surface area contributed by atoms with E-state index in [1.165, 1.54) is 0 Å². The average Bonchev–Trinajstić information content (AvgIpc) is 1.61. The Kier molecular flexibility index (Phi) is 18.8. The molecule has 4 heteroatoms. The first-order valence-corrected chi connectivity index (χ1v) is 2.55. The van der Waals surface area contributed by atoms with Gasteiger partial charge in [0.05, 0.1) is 0 Å². The van der Waals surface area contributed by atoms with Gasteiger partial charge < -0.3 is 11.2 Å². The fourth-order valence-electron chi connectivity index (χ4n) is 0.351. The van der Waals surface area contributed by atoms with Gasteiger partial charge in [0.15, 0.2) is 0 Å². The minimum Gasteiger partial charge on any atom is -0.412 e. The third kappa shape index (κ3) is 18.3. The zero-order valence-corrected chi connectivity index (χ0v) is 6.33. The Labute approximate surface area is 61.3 Å². The van der Waals surface area contributed by atoms with E-state index in [9.17, 15) is 4.79 Å². The molecule has 0 bridgehead atoms. The molecular formula is C5H14ClNO2. The number of hydrogen-bond acceptors (Lipinski definition) is 1. The van der Waals surface area contributed by atoms with Crippen molar-refractivity contribution in [1.29, 1.82) is 0 Å². The molecule has 0 radical (unpaired) electrons. The van der Waals surface area contributed by atoms with Crippen molar-refractivity contribution in [3.63, 3.8) is 0 Å². The first-order chi connectivity index (χ1) is 3.27. The second-order valence-corrected chi connectivity index (χ2v) is 1.57. The molecule has 0 heterocycles. The lowest BCUT2D eigenvalue weighted by atomic mass is 10.2. The van der Waals surface area contributed by atoms with Crippen LogP contribution < -0.4 is 5.73 Å². The van der Waals surface area contributed by atoms with Crippen LogP contribution in [0.4, 0.5) is 0 Å². The predicted molar refractivity (Wildman–Crippen MR) is 39.6 cm³/mol. The largest absolute Gasteiger partial charge is 0.412 e. The van der Waals surface area contributed by atoms with Crippen LogP contribution in [0.1, 0.15) is 26.2 Å². The molecule has 0 atom stereocenters. The maximum absolute atomic E-state index is 9.98. The number of rotatable bonds is 3. The number of unbranched alkanes of at least 4 members (excludes halogenated alkanes) is 1. The summed E-state index contributed by atoms with van der Waals surface area (Å²) in [6.07, 6.45) is 2.51. The summed E-state index contributed by atoms with van der Waals surface area (Å²) in [5.41, 5.74) is 4.84. The first-order valence-electron chi connectivity index (χ1n) is 2.55. The quantitative estimate of drug-likeness (QED) is 0.624. The molecule has 0 aromatic heterocycles. The molecule has 0 rings (SSSR count). The Morgan fingerprint density at radius 2 is 2.00 bits per heavy atom. The summed E-state index contributed by atoms with van der Waals surface area (Å²) in [7, 11) is 0. The van der Waals surface area contributed by atoms with Crippen LogP contribution in [0.5, 0.6) is 0 Å². The topological polar surface area (TPSA) is 74.6 Å². The van der Waals surface area contributed by atoms with Crippen LogP contribution in [-0.4, -0.2) is 11.4 Å². The molecule has 0 aliphatic heterocycles.